The highest BCUT2D eigenvalue weighted by Crippen LogP contribution is 2.36. The van der Waals surface area contributed by atoms with Crippen molar-refractivity contribution in [2.45, 2.75) is 6.29 Å². The molecule has 0 radical (unpaired) electrons. The molecule has 1 aliphatic heterocycles. The normalized spacial score (nSPS) is 19.9. The number of cyclic esters (lactones) is 1. The van der Waals surface area contributed by atoms with E-state index in [2.05, 4.69) is 25.7 Å². The molecule has 0 fully saturated rings. The molecule has 0 aromatic carbocycles. The highest BCUT2D eigenvalue weighted by atomic mass is 79.9. The van der Waals surface area contributed by atoms with Crippen LogP contribution in [0.4, 0.5) is 0 Å². The number of hydrogen-bond donors (Lipinski definition) is 1. The van der Waals surface area contributed by atoms with E-state index in [1.807, 2.05) is 0 Å². The average Bonchev–Trinajstić information content (AvgIpc) is 2.36. The lowest BCUT2D eigenvalue weighted by Crippen LogP contribution is -1.96. The van der Waals surface area contributed by atoms with Crippen LogP contribution in [0.25, 0.3) is 0 Å². The van der Waals surface area contributed by atoms with E-state index in [0.29, 0.717) is 10.0 Å². The maximum atomic E-state index is 11.1. The maximum Gasteiger partial charge on any atom is 0.344 e. The minimum atomic E-state index is -1.25. The first-order chi connectivity index (χ1) is 6.11. The summed E-state index contributed by atoms with van der Waals surface area (Å²) >= 11 is 8.79. The molecule has 4 nitrogen and oxygen atoms in total. The van der Waals surface area contributed by atoms with Gasteiger partial charge in [0.05, 0.1) is 5.56 Å². The maximum absolute atomic E-state index is 11.1. The molecule has 6 heteroatoms. The number of carbonyl (C=O) groups is 1. The molecule has 2 heterocycles. The summed E-state index contributed by atoms with van der Waals surface area (Å²) in [7, 11) is 0. The molecule has 0 spiro atoms. The molecular formula is C7H3BrClNO3. The van der Waals surface area contributed by atoms with Gasteiger partial charge in [-0.1, -0.05) is 11.6 Å². The first kappa shape index (κ1) is 8.93. The van der Waals surface area contributed by atoms with Crippen LogP contribution in [0.1, 0.15) is 22.2 Å². The number of esters is 1. The van der Waals surface area contributed by atoms with E-state index in [1.54, 1.807) is 0 Å². The zero-order valence-corrected chi connectivity index (χ0v) is 8.46. The van der Waals surface area contributed by atoms with Gasteiger partial charge in [-0.2, -0.15) is 0 Å². The number of hydrogen-bond acceptors (Lipinski definition) is 4. The fourth-order valence-corrected chi connectivity index (χ4v) is 1.86. The van der Waals surface area contributed by atoms with Crippen molar-refractivity contribution in [3.8, 4) is 0 Å². The van der Waals surface area contributed by atoms with Crippen molar-refractivity contribution in [2.75, 3.05) is 0 Å². The fourth-order valence-electron chi connectivity index (χ4n) is 1.13. The lowest BCUT2D eigenvalue weighted by molar-refractivity contribution is -0.0551. The molecule has 1 aromatic heterocycles. The van der Waals surface area contributed by atoms with Gasteiger partial charge in [-0.15, -0.1) is 0 Å². The Morgan fingerprint density at radius 1 is 1.69 bits per heavy atom. The van der Waals surface area contributed by atoms with E-state index in [-0.39, 0.29) is 10.7 Å². The summed E-state index contributed by atoms with van der Waals surface area (Å²) in [5.74, 6) is -0.652. The standard InChI is InChI=1S/C7H3BrClNO3/c8-2-1-10-5(9)4-3(2)6(11)13-7(4)12/h1,6,11H. The number of aliphatic hydroxyl groups excluding tert-OH is 1. The Kier molecular flexibility index (Phi) is 2.02. The SMILES string of the molecule is O=C1OC(O)c2c(Br)cnc(Cl)c21. The minimum absolute atomic E-state index is 0.0414. The number of rotatable bonds is 0. The molecule has 0 saturated heterocycles. The van der Waals surface area contributed by atoms with E-state index < -0.39 is 12.3 Å². The molecule has 68 valence electrons. The van der Waals surface area contributed by atoms with Crippen LogP contribution in [-0.2, 0) is 4.74 Å². The van der Waals surface area contributed by atoms with Crippen molar-refractivity contribution in [1.29, 1.82) is 0 Å². The third kappa shape index (κ3) is 1.23. The van der Waals surface area contributed by atoms with Gasteiger partial charge in [0.25, 0.3) is 0 Å². The van der Waals surface area contributed by atoms with E-state index in [0.717, 1.165) is 0 Å². The van der Waals surface area contributed by atoms with Crippen molar-refractivity contribution < 1.29 is 14.6 Å². The van der Waals surface area contributed by atoms with E-state index in [9.17, 15) is 9.90 Å². The van der Waals surface area contributed by atoms with E-state index >= 15 is 0 Å². The second-order valence-electron chi connectivity index (χ2n) is 2.44. The first-order valence-corrected chi connectivity index (χ1v) is 4.51. The van der Waals surface area contributed by atoms with Crippen molar-refractivity contribution in [1.82, 2.24) is 4.98 Å². The monoisotopic (exact) mass is 263 g/mol. The number of halogens is 2. The number of nitrogens with zero attached hydrogens (tertiary/aromatic N) is 1. The lowest BCUT2D eigenvalue weighted by Gasteiger charge is -2.02. The predicted molar refractivity (Wildman–Crippen MR) is 47.3 cm³/mol. The molecule has 0 bridgehead atoms. The Hall–Kier alpha value is -0.650. The number of aromatic nitrogens is 1. The van der Waals surface area contributed by atoms with Gasteiger partial charge in [-0.25, -0.2) is 9.78 Å². The number of pyridine rings is 1. The average molecular weight is 264 g/mol. The molecule has 0 aliphatic carbocycles. The van der Waals surface area contributed by atoms with Crippen molar-refractivity contribution >= 4 is 33.5 Å². The molecule has 1 N–H and O–H groups in total. The van der Waals surface area contributed by atoms with Crippen LogP contribution in [-0.4, -0.2) is 16.1 Å². The van der Waals surface area contributed by atoms with Gasteiger partial charge in [-0.3, -0.25) is 0 Å². The van der Waals surface area contributed by atoms with Gasteiger partial charge in [0, 0.05) is 10.7 Å². The van der Waals surface area contributed by atoms with Gasteiger partial charge in [0.15, 0.2) is 0 Å². The molecule has 1 aliphatic rings. The number of fused-ring (bicyclic) bond motifs is 1. The molecule has 2 rings (SSSR count). The van der Waals surface area contributed by atoms with Crippen molar-refractivity contribution in [3.05, 3.63) is 26.9 Å². The summed E-state index contributed by atoms with van der Waals surface area (Å²) in [5.41, 5.74) is 0.466. The summed E-state index contributed by atoms with van der Waals surface area (Å²) in [4.78, 5) is 14.9. The largest absolute Gasteiger partial charge is 0.428 e. The van der Waals surface area contributed by atoms with Gasteiger partial charge in [-0.05, 0) is 15.9 Å². The van der Waals surface area contributed by atoms with Crippen LogP contribution in [0.15, 0.2) is 10.7 Å². The summed E-state index contributed by atoms with van der Waals surface area (Å²) in [6.07, 6.45) is 0.157. The highest BCUT2D eigenvalue weighted by molar-refractivity contribution is 9.10. The van der Waals surface area contributed by atoms with E-state index in [4.69, 9.17) is 11.6 Å². The van der Waals surface area contributed by atoms with Crippen molar-refractivity contribution in [3.63, 3.8) is 0 Å². The van der Waals surface area contributed by atoms with Gasteiger partial charge < -0.3 is 9.84 Å². The Morgan fingerprint density at radius 2 is 2.38 bits per heavy atom. The van der Waals surface area contributed by atoms with Gasteiger partial charge in [0.1, 0.15) is 10.7 Å². The van der Waals surface area contributed by atoms with Crippen LogP contribution in [0, 0.1) is 0 Å². The van der Waals surface area contributed by atoms with Crippen LogP contribution in [0.3, 0.4) is 0 Å². The first-order valence-electron chi connectivity index (χ1n) is 3.34. The molecule has 1 atom stereocenters. The Bertz CT molecular complexity index is 396. The molecule has 1 aromatic rings. The van der Waals surface area contributed by atoms with Gasteiger partial charge >= 0.3 is 5.97 Å². The highest BCUT2D eigenvalue weighted by Gasteiger charge is 2.34. The second-order valence-corrected chi connectivity index (χ2v) is 3.66. The quantitative estimate of drug-likeness (QED) is 0.572. The van der Waals surface area contributed by atoms with E-state index in [1.165, 1.54) is 6.20 Å². The Labute approximate surface area is 86.6 Å². The number of ether oxygens (including phenoxy) is 1. The minimum Gasteiger partial charge on any atom is -0.428 e. The molecular weight excluding hydrogens is 261 g/mol. The fraction of sp³-hybridized carbons (Fsp3) is 0.143. The van der Waals surface area contributed by atoms with Crippen LogP contribution in [0.5, 0.6) is 0 Å². The van der Waals surface area contributed by atoms with Crippen LogP contribution in [0.2, 0.25) is 5.15 Å². The zero-order chi connectivity index (χ0) is 9.59. The third-order valence-electron chi connectivity index (χ3n) is 1.69. The predicted octanol–water partition coefficient (Wildman–Crippen LogP) is 1.66. The summed E-state index contributed by atoms with van der Waals surface area (Å²) in [6.45, 7) is 0. The Morgan fingerprint density at radius 3 is 3.00 bits per heavy atom. The summed E-state index contributed by atoms with van der Waals surface area (Å²) in [5, 5.41) is 9.34. The molecule has 0 amide bonds. The van der Waals surface area contributed by atoms with Gasteiger partial charge in [0.2, 0.25) is 6.29 Å². The summed E-state index contributed by atoms with van der Waals surface area (Å²) < 4.78 is 5.06. The Balaban J connectivity index is 2.74. The number of carbonyl (C=O) groups excluding carboxylic acids is 1. The molecule has 1 unspecified atom stereocenters. The molecule has 13 heavy (non-hydrogen) atoms. The summed E-state index contributed by atoms with van der Waals surface area (Å²) in [6, 6.07) is 0. The molecule has 0 saturated carbocycles. The van der Waals surface area contributed by atoms with Crippen molar-refractivity contribution in [2.24, 2.45) is 0 Å². The third-order valence-corrected chi connectivity index (χ3v) is 2.61. The van der Waals surface area contributed by atoms with Crippen LogP contribution >= 0.6 is 27.5 Å². The smallest absolute Gasteiger partial charge is 0.344 e. The number of aliphatic hydroxyl groups is 1. The topological polar surface area (TPSA) is 59.4 Å². The zero-order valence-electron chi connectivity index (χ0n) is 6.12. The lowest BCUT2D eigenvalue weighted by atomic mass is 10.2. The second kappa shape index (κ2) is 2.94. The van der Waals surface area contributed by atoms with Crippen LogP contribution < -0.4 is 0 Å².